The minimum Gasteiger partial charge on any atom is -0.489 e. The third-order valence-corrected chi connectivity index (χ3v) is 4.44. The van der Waals surface area contributed by atoms with Crippen LogP contribution in [0.5, 0.6) is 5.75 Å². The average molecular weight is 374 g/mol. The second-order valence-electron chi connectivity index (χ2n) is 5.97. The zero-order chi connectivity index (χ0) is 18.9. The Labute approximate surface area is 158 Å². The van der Waals surface area contributed by atoms with Crippen LogP contribution in [0.15, 0.2) is 54.6 Å². The van der Waals surface area contributed by atoms with Crippen LogP contribution < -0.4 is 4.74 Å². The van der Waals surface area contributed by atoms with Gasteiger partial charge in [-0.05, 0) is 41.9 Å². The molecule has 6 heteroatoms. The molecule has 2 aromatic carbocycles. The first-order valence-electron chi connectivity index (χ1n) is 8.36. The summed E-state index contributed by atoms with van der Waals surface area (Å²) < 4.78 is 5.73. The van der Waals surface area contributed by atoms with Gasteiger partial charge in [-0.15, -0.1) is 0 Å². The Kier molecular flexibility index (Phi) is 7.53. The van der Waals surface area contributed by atoms with Crippen molar-refractivity contribution in [2.45, 2.75) is 25.4 Å². The molecular formula is C20H22O5S. The van der Waals surface area contributed by atoms with E-state index in [0.29, 0.717) is 30.1 Å². The number of ether oxygens (including phenoxy) is 1. The summed E-state index contributed by atoms with van der Waals surface area (Å²) in [5.74, 6) is -3.39. The van der Waals surface area contributed by atoms with E-state index < -0.39 is 23.8 Å². The van der Waals surface area contributed by atoms with E-state index in [1.165, 1.54) is 0 Å². The van der Waals surface area contributed by atoms with Crippen molar-refractivity contribution in [3.63, 3.8) is 0 Å². The van der Waals surface area contributed by atoms with E-state index in [9.17, 15) is 19.8 Å². The normalized spacial score (nSPS) is 13.0. The van der Waals surface area contributed by atoms with E-state index in [1.54, 1.807) is 24.3 Å². The molecule has 2 N–H and O–H groups in total. The molecule has 0 amide bonds. The van der Waals surface area contributed by atoms with Gasteiger partial charge in [-0.2, -0.15) is 12.6 Å². The van der Waals surface area contributed by atoms with E-state index in [0.717, 1.165) is 5.56 Å². The number of carbonyl (C=O) groups is 2. The third-order valence-electron chi connectivity index (χ3n) is 4.12. The lowest BCUT2D eigenvalue weighted by Gasteiger charge is -2.21. The van der Waals surface area contributed by atoms with Crippen LogP contribution in [-0.2, 0) is 16.2 Å². The summed E-state index contributed by atoms with van der Waals surface area (Å²) in [6, 6.07) is 16.3. The molecule has 138 valence electrons. The monoisotopic (exact) mass is 374 g/mol. The van der Waals surface area contributed by atoms with Crippen molar-refractivity contribution in [1.29, 1.82) is 0 Å². The first-order chi connectivity index (χ1) is 12.5. The van der Waals surface area contributed by atoms with Crippen molar-refractivity contribution < 1.29 is 24.5 Å². The Morgan fingerprint density at radius 2 is 1.73 bits per heavy atom. The molecule has 0 aliphatic rings. The van der Waals surface area contributed by atoms with E-state index >= 15 is 0 Å². The maximum atomic E-state index is 11.8. The van der Waals surface area contributed by atoms with Gasteiger partial charge in [0.15, 0.2) is 0 Å². The fraction of sp³-hybridized carbons (Fsp3) is 0.300. The molecule has 0 saturated carbocycles. The van der Waals surface area contributed by atoms with E-state index in [2.05, 4.69) is 12.6 Å². The number of thiol groups is 1. The van der Waals surface area contributed by atoms with Crippen LogP contribution in [0.4, 0.5) is 0 Å². The molecule has 0 aromatic heterocycles. The zero-order valence-electron chi connectivity index (χ0n) is 14.2. The second kappa shape index (κ2) is 9.87. The lowest BCUT2D eigenvalue weighted by atomic mass is 9.83. The molecule has 2 aromatic rings. The number of rotatable bonds is 10. The van der Waals surface area contributed by atoms with Gasteiger partial charge in [0.05, 0.1) is 11.8 Å². The Morgan fingerprint density at radius 1 is 1.00 bits per heavy atom. The molecule has 0 saturated heterocycles. The molecular weight excluding hydrogens is 352 g/mol. The molecule has 2 atom stereocenters. The van der Waals surface area contributed by atoms with E-state index in [4.69, 9.17) is 4.74 Å². The molecule has 5 nitrogen and oxygen atoms in total. The fourth-order valence-electron chi connectivity index (χ4n) is 2.83. The number of benzene rings is 2. The smallest absolute Gasteiger partial charge is 0.311 e. The summed E-state index contributed by atoms with van der Waals surface area (Å²) in [4.78, 5) is 23.4. The summed E-state index contributed by atoms with van der Waals surface area (Å²) in [7, 11) is 0. The highest BCUT2D eigenvalue weighted by molar-refractivity contribution is 7.80. The maximum absolute atomic E-state index is 11.8. The summed E-state index contributed by atoms with van der Waals surface area (Å²) in [5, 5.41) is 19.1. The van der Waals surface area contributed by atoms with Crippen LogP contribution in [0.25, 0.3) is 0 Å². The topological polar surface area (TPSA) is 83.8 Å². The number of carboxylic acid groups (broad SMARTS) is 2. The number of hydrogen-bond donors (Lipinski definition) is 3. The third kappa shape index (κ3) is 5.52. The van der Waals surface area contributed by atoms with Crippen molar-refractivity contribution in [3.05, 3.63) is 65.7 Å². The predicted octanol–water partition coefficient (Wildman–Crippen LogP) is 3.84. The SMILES string of the molecule is O=C(O)C(CCCS)C(C(=O)O)c1cccc(OCc2ccccc2)c1. The van der Waals surface area contributed by atoms with Crippen LogP contribution in [0.2, 0.25) is 0 Å². The van der Waals surface area contributed by atoms with Crippen LogP contribution in [0, 0.1) is 5.92 Å². The van der Waals surface area contributed by atoms with Crippen molar-refractivity contribution >= 4 is 24.6 Å². The molecule has 2 rings (SSSR count). The lowest BCUT2D eigenvalue weighted by Crippen LogP contribution is -2.28. The number of carboxylic acids is 2. The second-order valence-corrected chi connectivity index (χ2v) is 6.42. The first-order valence-corrected chi connectivity index (χ1v) is 8.99. The van der Waals surface area contributed by atoms with Crippen LogP contribution in [-0.4, -0.2) is 27.9 Å². The van der Waals surface area contributed by atoms with Gasteiger partial charge in [0.25, 0.3) is 0 Å². The van der Waals surface area contributed by atoms with Crippen molar-refractivity contribution in [3.8, 4) is 5.75 Å². The quantitative estimate of drug-likeness (QED) is 0.550. The van der Waals surface area contributed by atoms with Crippen molar-refractivity contribution in [1.82, 2.24) is 0 Å². The first kappa shape index (κ1) is 19.8. The van der Waals surface area contributed by atoms with Gasteiger partial charge in [-0.25, -0.2) is 0 Å². The van der Waals surface area contributed by atoms with Crippen molar-refractivity contribution in [2.75, 3.05) is 5.75 Å². The predicted molar refractivity (Wildman–Crippen MR) is 102 cm³/mol. The number of hydrogen-bond acceptors (Lipinski definition) is 4. The van der Waals surface area contributed by atoms with Crippen LogP contribution in [0.3, 0.4) is 0 Å². The molecule has 0 spiro atoms. The van der Waals surface area contributed by atoms with Gasteiger partial charge in [-0.1, -0.05) is 42.5 Å². The summed E-state index contributed by atoms with van der Waals surface area (Å²) in [6.07, 6.45) is 0.791. The Morgan fingerprint density at radius 3 is 2.35 bits per heavy atom. The largest absolute Gasteiger partial charge is 0.489 e. The average Bonchev–Trinajstić information content (AvgIpc) is 2.64. The molecule has 0 fully saturated rings. The summed E-state index contributed by atoms with van der Waals surface area (Å²) in [5.41, 5.74) is 1.42. The standard InChI is InChI=1S/C20H22O5S/c21-19(22)17(10-5-11-26)18(20(23)24)15-8-4-9-16(12-15)25-13-14-6-2-1-3-7-14/h1-4,6-9,12,17-18,26H,5,10-11,13H2,(H,21,22)(H,23,24). The number of aliphatic carboxylic acids is 2. The Balaban J connectivity index is 2.20. The highest BCUT2D eigenvalue weighted by atomic mass is 32.1. The Hall–Kier alpha value is -2.47. The minimum absolute atomic E-state index is 0.255. The van der Waals surface area contributed by atoms with Gasteiger partial charge < -0.3 is 14.9 Å². The summed E-state index contributed by atoms with van der Waals surface area (Å²) >= 11 is 4.09. The molecule has 2 unspecified atom stereocenters. The van der Waals surface area contributed by atoms with Gasteiger partial charge >= 0.3 is 11.9 Å². The molecule has 0 heterocycles. The van der Waals surface area contributed by atoms with E-state index in [1.807, 2.05) is 30.3 Å². The van der Waals surface area contributed by atoms with Gasteiger partial charge in [0.2, 0.25) is 0 Å². The van der Waals surface area contributed by atoms with Gasteiger partial charge in [0, 0.05) is 0 Å². The fourth-order valence-corrected chi connectivity index (χ4v) is 3.01. The Bertz CT molecular complexity index is 732. The van der Waals surface area contributed by atoms with Gasteiger partial charge in [0.1, 0.15) is 12.4 Å². The maximum Gasteiger partial charge on any atom is 0.311 e. The molecule has 0 aliphatic carbocycles. The molecule has 0 radical (unpaired) electrons. The molecule has 26 heavy (non-hydrogen) atoms. The summed E-state index contributed by atoms with van der Waals surface area (Å²) in [6.45, 7) is 0.351. The van der Waals surface area contributed by atoms with Crippen LogP contribution >= 0.6 is 12.6 Å². The highest BCUT2D eigenvalue weighted by Gasteiger charge is 2.34. The van der Waals surface area contributed by atoms with Crippen molar-refractivity contribution in [2.24, 2.45) is 5.92 Å². The molecule has 0 aliphatic heterocycles. The lowest BCUT2D eigenvalue weighted by molar-refractivity contribution is -0.150. The molecule has 0 bridgehead atoms. The van der Waals surface area contributed by atoms with Gasteiger partial charge in [-0.3, -0.25) is 9.59 Å². The highest BCUT2D eigenvalue weighted by Crippen LogP contribution is 2.31. The van der Waals surface area contributed by atoms with E-state index in [-0.39, 0.29) is 6.42 Å². The zero-order valence-corrected chi connectivity index (χ0v) is 15.1. The van der Waals surface area contributed by atoms with Crippen LogP contribution in [0.1, 0.15) is 29.9 Å². The minimum atomic E-state index is -1.16.